The Bertz CT molecular complexity index is 2350. The zero-order valence-corrected chi connectivity index (χ0v) is 20.8. The Balaban J connectivity index is 0.00000145. The van der Waals surface area contributed by atoms with Crippen LogP contribution in [0.3, 0.4) is 0 Å². The molecule has 8 aromatic rings. The van der Waals surface area contributed by atoms with Gasteiger partial charge in [-0.1, -0.05) is 0 Å². The van der Waals surface area contributed by atoms with Crippen LogP contribution >= 0.6 is 0 Å². The van der Waals surface area contributed by atoms with Gasteiger partial charge in [-0.05, 0) is 47.9 Å². The molecule has 0 aliphatic rings. The SMILES string of the molecule is Cc1cc(=O)c2c(O)c3c(O)cc(O)c4c5c(O)cc(O)c6c(O)c7c(=O)cc(C)c8c1c2c(c34)c(c65)c78.[H-].[Li+]. The third-order valence-electron chi connectivity index (χ3n) is 8.25. The predicted molar refractivity (Wildman–Crippen MR) is 147 cm³/mol. The van der Waals surface area contributed by atoms with E-state index in [2.05, 4.69) is 0 Å². The van der Waals surface area contributed by atoms with Crippen LogP contribution in [0.15, 0.2) is 33.9 Å². The third-order valence-corrected chi connectivity index (χ3v) is 8.25. The van der Waals surface area contributed by atoms with Crippen molar-refractivity contribution in [3.05, 3.63) is 55.8 Å². The second-order valence-electron chi connectivity index (χ2n) is 10.2. The summed E-state index contributed by atoms with van der Waals surface area (Å²) >= 11 is 0. The molecule has 9 heteroatoms. The number of phenols is 6. The molecule has 0 unspecified atom stereocenters. The van der Waals surface area contributed by atoms with E-state index < -0.39 is 45.4 Å². The fraction of sp³-hybridized carbons (Fsp3) is 0.0667. The Morgan fingerprint density at radius 2 is 0.692 bits per heavy atom. The molecule has 0 heterocycles. The fourth-order valence-electron chi connectivity index (χ4n) is 6.98. The van der Waals surface area contributed by atoms with E-state index in [0.717, 1.165) is 12.1 Å². The van der Waals surface area contributed by atoms with Gasteiger partial charge in [0.05, 0.1) is 21.5 Å². The van der Waals surface area contributed by atoms with Crippen LogP contribution in [0.4, 0.5) is 0 Å². The molecule has 8 nitrogen and oxygen atoms in total. The number of phenolic OH excluding ortho intramolecular Hbond substituents is 6. The molecular weight excluding hydrogens is 495 g/mol. The second-order valence-corrected chi connectivity index (χ2v) is 10.2. The molecule has 8 rings (SSSR count). The first-order valence-electron chi connectivity index (χ1n) is 11.8. The quantitative estimate of drug-likeness (QED) is 0.103. The van der Waals surface area contributed by atoms with Crippen molar-refractivity contribution in [2.45, 2.75) is 13.8 Å². The van der Waals surface area contributed by atoms with Gasteiger partial charge in [-0.25, -0.2) is 0 Å². The minimum atomic E-state index is -0.483. The molecule has 8 aromatic carbocycles. The van der Waals surface area contributed by atoms with E-state index in [1.807, 2.05) is 0 Å². The van der Waals surface area contributed by atoms with Crippen LogP contribution in [-0.4, -0.2) is 30.6 Å². The molecule has 186 valence electrons. The molecule has 0 saturated heterocycles. The Kier molecular flexibility index (Phi) is 4.13. The predicted octanol–water partition coefficient (Wildman–Crippen LogP) is 2.20. The van der Waals surface area contributed by atoms with E-state index in [4.69, 9.17) is 0 Å². The topological polar surface area (TPSA) is 156 Å². The van der Waals surface area contributed by atoms with Crippen molar-refractivity contribution in [1.29, 1.82) is 0 Å². The van der Waals surface area contributed by atoms with E-state index in [0.29, 0.717) is 43.4 Å². The summed E-state index contributed by atoms with van der Waals surface area (Å²) < 4.78 is 0. The van der Waals surface area contributed by atoms with Gasteiger partial charge in [0.25, 0.3) is 0 Å². The maximum Gasteiger partial charge on any atom is 1.00 e. The first kappa shape index (κ1) is 23.5. The molecule has 0 bridgehead atoms. The van der Waals surface area contributed by atoms with Gasteiger partial charge in [0.2, 0.25) is 0 Å². The van der Waals surface area contributed by atoms with Crippen LogP contribution in [0.5, 0.6) is 34.5 Å². The summed E-state index contributed by atoms with van der Waals surface area (Å²) in [5, 5.41) is 69.6. The molecule has 0 saturated carbocycles. The second kappa shape index (κ2) is 6.86. The Morgan fingerprint density at radius 3 is 1.05 bits per heavy atom. The minimum absolute atomic E-state index is 0. The van der Waals surface area contributed by atoms with Gasteiger partial charge < -0.3 is 32.1 Å². The summed E-state index contributed by atoms with van der Waals surface area (Å²) in [7, 11) is 0. The number of aromatic hydroxyl groups is 6. The number of benzene rings is 8. The summed E-state index contributed by atoms with van der Waals surface area (Å²) in [6, 6.07) is 4.77. The van der Waals surface area contributed by atoms with Crippen molar-refractivity contribution >= 4 is 75.4 Å². The molecule has 0 amide bonds. The average molecular weight is 512 g/mol. The van der Waals surface area contributed by atoms with Crippen molar-refractivity contribution in [3.63, 3.8) is 0 Å². The molecule has 0 spiro atoms. The van der Waals surface area contributed by atoms with Gasteiger partial charge in [0, 0.05) is 55.2 Å². The summed E-state index contributed by atoms with van der Waals surface area (Å²) in [4.78, 5) is 26.7. The molecule has 6 N–H and O–H groups in total. The maximum absolute atomic E-state index is 13.4. The van der Waals surface area contributed by atoms with Gasteiger partial charge in [-0.3, -0.25) is 9.59 Å². The van der Waals surface area contributed by atoms with Crippen LogP contribution in [0.2, 0.25) is 0 Å². The van der Waals surface area contributed by atoms with Crippen molar-refractivity contribution in [3.8, 4) is 34.5 Å². The largest absolute Gasteiger partial charge is 1.00 e. The Morgan fingerprint density at radius 1 is 0.410 bits per heavy atom. The van der Waals surface area contributed by atoms with E-state index in [9.17, 15) is 40.2 Å². The summed E-state index contributed by atoms with van der Waals surface area (Å²) in [6.07, 6.45) is 0. The molecule has 0 aromatic heterocycles. The molecule has 0 aliphatic heterocycles. The van der Waals surface area contributed by atoms with Gasteiger partial charge in [0.1, 0.15) is 34.5 Å². The monoisotopic (exact) mass is 512 g/mol. The summed E-state index contributed by atoms with van der Waals surface area (Å²) in [5.74, 6) is -2.75. The van der Waals surface area contributed by atoms with Crippen LogP contribution < -0.4 is 29.7 Å². The van der Waals surface area contributed by atoms with E-state index in [1.54, 1.807) is 13.8 Å². The Hall–Kier alpha value is -4.64. The summed E-state index contributed by atoms with van der Waals surface area (Å²) in [5.41, 5.74) is 0.175. The smallest absolute Gasteiger partial charge is 1.00 e. The Labute approximate surface area is 230 Å². The first-order valence-corrected chi connectivity index (χ1v) is 11.8. The number of hydrogen-bond donors (Lipinski definition) is 6. The molecule has 0 aliphatic carbocycles. The van der Waals surface area contributed by atoms with Crippen LogP contribution in [0.1, 0.15) is 12.6 Å². The zero-order chi connectivity index (χ0) is 26.7. The van der Waals surface area contributed by atoms with Gasteiger partial charge in [0.15, 0.2) is 10.9 Å². The molecule has 0 radical (unpaired) electrons. The van der Waals surface area contributed by atoms with Crippen molar-refractivity contribution in [2.75, 3.05) is 0 Å². The van der Waals surface area contributed by atoms with Crippen molar-refractivity contribution in [1.82, 2.24) is 0 Å². The van der Waals surface area contributed by atoms with Crippen molar-refractivity contribution < 1.29 is 50.9 Å². The summed E-state index contributed by atoms with van der Waals surface area (Å²) in [6.45, 7) is 3.47. The molecular formula is C30H17LiO8. The number of rotatable bonds is 0. The van der Waals surface area contributed by atoms with Crippen LogP contribution in [-0.2, 0) is 0 Å². The van der Waals surface area contributed by atoms with Gasteiger partial charge in [-0.15, -0.1) is 0 Å². The fourth-order valence-corrected chi connectivity index (χ4v) is 6.98. The average Bonchev–Trinajstić information content (AvgIpc) is 2.82. The maximum atomic E-state index is 13.4. The van der Waals surface area contributed by atoms with E-state index >= 15 is 0 Å². The zero-order valence-electron chi connectivity index (χ0n) is 21.8. The first-order chi connectivity index (χ1) is 18.0. The van der Waals surface area contributed by atoms with Gasteiger partial charge in [-0.2, -0.15) is 0 Å². The van der Waals surface area contributed by atoms with Crippen molar-refractivity contribution in [2.24, 2.45) is 0 Å². The van der Waals surface area contributed by atoms with Gasteiger partial charge >= 0.3 is 18.9 Å². The minimum Gasteiger partial charge on any atom is -1.00 e. The van der Waals surface area contributed by atoms with E-state index in [-0.39, 0.29) is 63.4 Å². The third kappa shape index (κ3) is 2.30. The van der Waals surface area contributed by atoms with Crippen LogP contribution in [0.25, 0.3) is 75.4 Å². The standard InChI is InChI=1S/C30H16O8.Li.H/c1-7-3-9(31)19-23-15(7)16-8(2)4-10(32)20-24(16)28-26-18(12(34)6-14(36)22(26)30(20)38)17-11(33)5-13(35)21(29(19)37)25(17)27(23)28;;/h3-6,33-38H,1-2H3;;/q;+1;-1. The normalized spacial score (nSPS) is 12.5. The molecule has 0 atom stereocenters. The number of fused-ring (bicyclic) bond motifs is 2. The number of aryl methyl sites for hydroxylation is 2. The van der Waals surface area contributed by atoms with Crippen LogP contribution in [0, 0.1) is 13.8 Å². The molecule has 39 heavy (non-hydrogen) atoms. The number of hydrogen-bond acceptors (Lipinski definition) is 8. The van der Waals surface area contributed by atoms with E-state index in [1.165, 1.54) is 12.1 Å². The molecule has 0 fully saturated rings.